The average Bonchev–Trinajstić information content (AvgIpc) is 2.74. The number of likely N-dealkylation sites (tertiary alicyclic amines) is 1. The zero-order valence-corrected chi connectivity index (χ0v) is 12.5. The van der Waals surface area contributed by atoms with E-state index < -0.39 is 12.0 Å². The van der Waals surface area contributed by atoms with Gasteiger partial charge in [-0.2, -0.15) is 0 Å². The van der Waals surface area contributed by atoms with Crippen LogP contribution in [-0.2, 0) is 4.79 Å². The molecule has 0 radical (unpaired) electrons. The predicted octanol–water partition coefficient (Wildman–Crippen LogP) is 2.69. The van der Waals surface area contributed by atoms with E-state index in [1.807, 2.05) is 19.9 Å². The van der Waals surface area contributed by atoms with Crippen molar-refractivity contribution < 1.29 is 14.7 Å². The number of rotatable bonds is 2. The van der Waals surface area contributed by atoms with Crippen LogP contribution in [0, 0.1) is 12.8 Å². The van der Waals surface area contributed by atoms with Crippen molar-refractivity contribution in [1.82, 2.24) is 4.90 Å². The fraction of sp³-hybridized carbons (Fsp3) is 0.429. The van der Waals surface area contributed by atoms with Crippen LogP contribution in [-0.4, -0.2) is 34.5 Å². The smallest absolute Gasteiger partial charge is 0.326 e. The van der Waals surface area contributed by atoms with Crippen LogP contribution in [0.4, 0.5) is 0 Å². The standard InChI is InChI=1S/C14H16BrNO3/c1-8-6-7-16(12(8)14(18)19)13(17)10-4-3-5-11(15)9(10)2/h3-5,8,12H,6-7H2,1-2H3,(H,18,19). The summed E-state index contributed by atoms with van der Waals surface area (Å²) in [6.07, 6.45) is 0.732. The molecule has 0 aliphatic carbocycles. The van der Waals surface area contributed by atoms with Gasteiger partial charge in [0.1, 0.15) is 6.04 Å². The number of nitrogens with zero attached hydrogens (tertiary/aromatic N) is 1. The van der Waals surface area contributed by atoms with Gasteiger partial charge in [-0.15, -0.1) is 0 Å². The van der Waals surface area contributed by atoms with Gasteiger partial charge in [0.05, 0.1) is 0 Å². The maximum Gasteiger partial charge on any atom is 0.326 e. The number of benzene rings is 1. The lowest BCUT2D eigenvalue weighted by atomic mass is 10.0. The Balaban J connectivity index is 2.34. The van der Waals surface area contributed by atoms with E-state index in [0.29, 0.717) is 12.1 Å². The molecule has 0 aromatic heterocycles. The maximum absolute atomic E-state index is 12.5. The first kappa shape index (κ1) is 14.1. The minimum Gasteiger partial charge on any atom is -0.480 e. The second-order valence-corrected chi connectivity index (χ2v) is 5.81. The predicted molar refractivity (Wildman–Crippen MR) is 75.1 cm³/mol. The fourth-order valence-electron chi connectivity index (χ4n) is 2.55. The zero-order valence-electron chi connectivity index (χ0n) is 10.9. The first-order valence-electron chi connectivity index (χ1n) is 6.22. The molecule has 5 heteroatoms. The Morgan fingerprint density at radius 3 is 2.74 bits per heavy atom. The molecule has 1 amide bonds. The van der Waals surface area contributed by atoms with E-state index in [-0.39, 0.29) is 11.8 Å². The van der Waals surface area contributed by atoms with E-state index in [9.17, 15) is 14.7 Å². The summed E-state index contributed by atoms with van der Waals surface area (Å²) in [4.78, 5) is 25.3. The van der Waals surface area contributed by atoms with Gasteiger partial charge in [0.2, 0.25) is 0 Å². The van der Waals surface area contributed by atoms with E-state index >= 15 is 0 Å². The molecule has 0 bridgehead atoms. The molecule has 1 saturated heterocycles. The minimum atomic E-state index is -0.925. The van der Waals surface area contributed by atoms with Gasteiger partial charge in [-0.1, -0.05) is 28.9 Å². The normalized spacial score (nSPS) is 22.6. The van der Waals surface area contributed by atoms with Gasteiger partial charge < -0.3 is 10.0 Å². The number of carboxylic acids is 1. The average molecular weight is 326 g/mol. The first-order valence-corrected chi connectivity index (χ1v) is 7.01. The summed E-state index contributed by atoms with van der Waals surface area (Å²) in [5.74, 6) is -1.13. The molecule has 102 valence electrons. The summed E-state index contributed by atoms with van der Waals surface area (Å²) in [5.41, 5.74) is 1.41. The summed E-state index contributed by atoms with van der Waals surface area (Å²) in [6, 6.07) is 4.68. The van der Waals surface area contributed by atoms with E-state index in [1.165, 1.54) is 4.90 Å². The molecule has 0 saturated carbocycles. The fourth-order valence-corrected chi connectivity index (χ4v) is 2.91. The first-order chi connectivity index (χ1) is 8.93. The monoisotopic (exact) mass is 325 g/mol. The molecular weight excluding hydrogens is 310 g/mol. The van der Waals surface area contributed by atoms with Crippen LogP contribution in [0.5, 0.6) is 0 Å². The van der Waals surface area contributed by atoms with Crippen LogP contribution < -0.4 is 0 Å². The van der Waals surface area contributed by atoms with Crippen molar-refractivity contribution in [2.45, 2.75) is 26.3 Å². The molecule has 1 aromatic carbocycles. The van der Waals surface area contributed by atoms with Gasteiger partial charge >= 0.3 is 5.97 Å². The lowest BCUT2D eigenvalue weighted by Crippen LogP contribution is -2.43. The van der Waals surface area contributed by atoms with Gasteiger partial charge in [0.15, 0.2) is 0 Å². The lowest BCUT2D eigenvalue weighted by molar-refractivity contribution is -0.142. The molecule has 19 heavy (non-hydrogen) atoms. The largest absolute Gasteiger partial charge is 0.480 e. The summed E-state index contributed by atoms with van der Waals surface area (Å²) >= 11 is 3.39. The summed E-state index contributed by atoms with van der Waals surface area (Å²) in [6.45, 7) is 4.23. The molecule has 2 rings (SSSR count). The van der Waals surface area contributed by atoms with Crippen LogP contribution in [0.1, 0.15) is 29.3 Å². The van der Waals surface area contributed by atoms with E-state index in [0.717, 1.165) is 16.5 Å². The van der Waals surface area contributed by atoms with Crippen LogP contribution in [0.3, 0.4) is 0 Å². The SMILES string of the molecule is Cc1c(Br)cccc1C(=O)N1CCC(C)C1C(=O)O. The van der Waals surface area contributed by atoms with Crippen molar-refractivity contribution in [3.63, 3.8) is 0 Å². The quantitative estimate of drug-likeness (QED) is 0.909. The molecular formula is C14H16BrNO3. The van der Waals surface area contributed by atoms with Crippen molar-refractivity contribution >= 4 is 27.8 Å². The number of carboxylic acid groups (broad SMARTS) is 1. The van der Waals surface area contributed by atoms with Gasteiger partial charge in [-0.25, -0.2) is 4.79 Å². The van der Waals surface area contributed by atoms with E-state index in [4.69, 9.17) is 0 Å². The molecule has 1 fully saturated rings. The van der Waals surface area contributed by atoms with Crippen LogP contribution in [0.25, 0.3) is 0 Å². The number of hydrogen-bond donors (Lipinski definition) is 1. The summed E-state index contributed by atoms with van der Waals surface area (Å²) in [7, 11) is 0. The van der Waals surface area contributed by atoms with Gasteiger partial charge in [0, 0.05) is 16.6 Å². The van der Waals surface area contributed by atoms with Gasteiger partial charge in [0.25, 0.3) is 5.91 Å². The maximum atomic E-state index is 12.5. The number of amides is 1. The number of halogens is 1. The Morgan fingerprint density at radius 1 is 1.42 bits per heavy atom. The number of carbonyl (C=O) groups is 2. The van der Waals surface area contributed by atoms with Gasteiger partial charge in [-0.05, 0) is 37.0 Å². The van der Waals surface area contributed by atoms with Crippen molar-refractivity contribution in [3.05, 3.63) is 33.8 Å². The Morgan fingerprint density at radius 2 is 2.11 bits per heavy atom. The zero-order chi connectivity index (χ0) is 14.2. The van der Waals surface area contributed by atoms with Crippen LogP contribution in [0.2, 0.25) is 0 Å². The third-order valence-corrected chi connectivity index (χ3v) is 4.57. The Kier molecular flexibility index (Phi) is 3.94. The number of carbonyl (C=O) groups excluding carboxylic acids is 1. The van der Waals surface area contributed by atoms with Crippen molar-refractivity contribution in [2.75, 3.05) is 6.54 Å². The Bertz CT molecular complexity index is 529. The van der Waals surface area contributed by atoms with Crippen molar-refractivity contribution in [3.8, 4) is 0 Å². The van der Waals surface area contributed by atoms with Crippen LogP contribution >= 0.6 is 15.9 Å². The number of aliphatic carboxylic acids is 1. The highest BCUT2D eigenvalue weighted by atomic mass is 79.9. The second-order valence-electron chi connectivity index (χ2n) is 4.96. The minimum absolute atomic E-state index is 0.00564. The number of hydrogen-bond acceptors (Lipinski definition) is 2. The summed E-state index contributed by atoms with van der Waals surface area (Å²) < 4.78 is 0.859. The topological polar surface area (TPSA) is 57.6 Å². The molecule has 1 aliphatic rings. The highest BCUT2D eigenvalue weighted by molar-refractivity contribution is 9.10. The van der Waals surface area contributed by atoms with E-state index in [1.54, 1.807) is 12.1 Å². The van der Waals surface area contributed by atoms with Crippen molar-refractivity contribution in [1.29, 1.82) is 0 Å². The molecule has 1 aromatic rings. The summed E-state index contributed by atoms with van der Waals surface area (Å²) in [5, 5.41) is 9.27. The third-order valence-electron chi connectivity index (χ3n) is 3.71. The molecule has 1 heterocycles. The molecule has 1 N–H and O–H groups in total. The Hall–Kier alpha value is -1.36. The second kappa shape index (κ2) is 5.33. The van der Waals surface area contributed by atoms with Gasteiger partial charge in [-0.3, -0.25) is 4.79 Å². The van der Waals surface area contributed by atoms with Crippen molar-refractivity contribution in [2.24, 2.45) is 5.92 Å². The highest BCUT2D eigenvalue weighted by Gasteiger charge is 2.40. The molecule has 2 unspecified atom stereocenters. The van der Waals surface area contributed by atoms with E-state index in [2.05, 4.69) is 15.9 Å². The highest BCUT2D eigenvalue weighted by Crippen LogP contribution is 2.28. The van der Waals surface area contributed by atoms with Crippen LogP contribution in [0.15, 0.2) is 22.7 Å². The third kappa shape index (κ3) is 2.52. The lowest BCUT2D eigenvalue weighted by Gasteiger charge is -2.24. The molecule has 0 spiro atoms. The molecule has 4 nitrogen and oxygen atoms in total. The molecule has 2 atom stereocenters. The Labute approximate surface area is 120 Å². The molecule has 1 aliphatic heterocycles.